The summed E-state index contributed by atoms with van der Waals surface area (Å²) in [4.78, 5) is 0. The van der Waals surface area contributed by atoms with Crippen molar-refractivity contribution in [2.24, 2.45) is 0 Å². The average molecular weight is 380 g/mol. The van der Waals surface area contributed by atoms with Gasteiger partial charge in [0, 0.05) is 4.47 Å². The number of methoxy groups -OCH3 is 1. The number of rotatable bonds is 3. The Balaban J connectivity index is 2.35. The van der Waals surface area contributed by atoms with Crippen molar-refractivity contribution in [2.75, 3.05) is 7.11 Å². The van der Waals surface area contributed by atoms with E-state index in [9.17, 15) is 0 Å². The normalized spacial score (nSPS) is 12.3. The first-order valence-electron chi connectivity index (χ1n) is 5.45. The Hall–Kier alpha value is -0.410. The molecule has 19 heavy (non-hydrogen) atoms. The molecule has 0 amide bonds. The summed E-state index contributed by atoms with van der Waals surface area (Å²) in [5, 5.41) is 0.899. The molecule has 0 spiro atoms. The van der Waals surface area contributed by atoms with E-state index in [4.69, 9.17) is 39.5 Å². The molecule has 0 fully saturated rings. The highest BCUT2D eigenvalue weighted by atomic mass is 79.9. The molecular formula is C14H10BrCl3O. The third kappa shape index (κ3) is 3.38. The quantitative estimate of drug-likeness (QED) is 0.585. The molecule has 5 heteroatoms. The summed E-state index contributed by atoms with van der Waals surface area (Å²) in [5.41, 5.74) is 1.85. The minimum absolute atomic E-state index is 0.294. The topological polar surface area (TPSA) is 9.23 Å². The van der Waals surface area contributed by atoms with Gasteiger partial charge in [-0.2, -0.15) is 0 Å². The third-order valence-electron chi connectivity index (χ3n) is 2.70. The van der Waals surface area contributed by atoms with Crippen molar-refractivity contribution < 1.29 is 4.74 Å². The van der Waals surface area contributed by atoms with Gasteiger partial charge in [-0.3, -0.25) is 0 Å². The Morgan fingerprint density at radius 2 is 1.63 bits per heavy atom. The van der Waals surface area contributed by atoms with Gasteiger partial charge in [0.2, 0.25) is 0 Å². The molecule has 0 aliphatic carbocycles. The van der Waals surface area contributed by atoms with Crippen LogP contribution in [-0.4, -0.2) is 7.11 Å². The maximum Gasteiger partial charge on any atom is 0.137 e. The Morgan fingerprint density at radius 1 is 1.00 bits per heavy atom. The maximum atomic E-state index is 6.46. The molecule has 1 nitrogen and oxygen atoms in total. The van der Waals surface area contributed by atoms with Crippen LogP contribution in [0.5, 0.6) is 5.75 Å². The van der Waals surface area contributed by atoms with Crippen molar-refractivity contribution in [3.8, 4) is 5.75 Å². The molecule has 1 unspecified atom stereocenters. The fourth-order valence-electron chi connectivity index (χ4n) is 1.70. The van der Waals surface area contributed by atoms with Gasteiger partial charge in [0.25, 0.3) is 0 Å². The molecule has 0 bridgehead atoms. The summed E-state index contributed by atoms with van der Waals surface area (Å²) < 4.78 is 5.94. The SMILES string of the molecule is COc1ccc(C(Cl)c2ccc(Cl)c(Br)c2)cc1Cl. The highest BCUT2D eigenvalue weighted by Gasteiger charge is 2.14. The van der Waals surface area contributed by atoms with E-state index in [1.165, 1.54) is 0 Å². The number of alkyl halides is 1. The molecule has 0 saturated carbocycles. The molecule has 0 aliphatic heterocycles. The molecule has 100 valence electrons. The smallest absolute Gasteiger partial charge is 0.137 e. The van der Waals surface area contributed by atoms with Gasteiger partial charge in [-0.15, -0.1) is 11.6 Å². The van der Waals surface area contributed by atoms with E-state index in [0.717, 1.165) is 15.6 Å². The van der Waals surface area contributed by atoms with Crippen molar-refractivity contribution in [3.63, 3.8) is 0 Å². The van der Waals surface area contributed by atoms with Crippen LogP contribution in [0.1, 0.15) is 16.5 Å². The molecule has 0 N–H and O–H groups in total. The van der Waals surface area contributed by atoms with Gasteiger partial charge in [0.05, 0.1) is 22.5 Å². The molecule has 2 rings (SSSR count). The fraction of sp³-hybridized carbons (Fsp3) is 0.143. The lowest BCUT2D eigenvalue weighted by Crippen LogP contribution is -1.94. The van der Waals surface area contributed by atoms with Crippen molar-refractivity contribution in [1.29, 1.82) is 0 Å². The first-order valence-corrected chi connectivity index (χ1v) is 7.44. The predicted molar refractivity (Wildman–Crippen MR) is 84.9 cm³/mol. The summed E-state index contributed by atoms with van der Waals surface area (Å²) in [7, 11) is 1.58. The average Bonchev–Trinajstić information content (AvgIpc) is 2.41. The number of benzene rings is 2. The molecule has 2 aromatic rings. The second-order valence-electron chi connectivity index (χ2n) is 3.93. The van der Waals surface area contributed by atoms with Crippen LogP contribution in [-0.2, 0) is 0 Å². The monoisotopic (exact) mass is 378 g/mol. The van der Waals surface area contributed by atoms with Gasteiger partial charge in [-0.1, -0.05) is 35.3 Å². The third-order valence-corrected chi connectivity index (χ3v) is 4.72. The van der Waals surface area contributed by atoms with E-state index >= 15 is 0 Å². The minimum atomic E-state index is -0.294. The second-order valence-corrected chi connectivity index (χ2v) is 6.04. The Bertz CT molecular complexity index is 601. The number of hydrogen-bond acceptors (Lipinski definition) is 1. The summed E-state index contributed by atoms with van der Waals surface area (Å²) in [6, 6.07) is 11.1. The van der Waals surface area contributed by atoms with Gasteiger partial charge < -0.3 is 4.74 Å². The summed E-state index contributed by atoms with van der Waals surface area (Å²) >= 11 is 21.9. The van der Waals surface area contributed by atoms with Gasteiger partial charge in [-0.25, -0.2) is 0 Å². The Labute approximate surface area is 135 Å². The van der Waals surface area contributed by atoms with Crippen molar-refractivity contribution in [2.45, 2.75) is 5.38 Å². The molecule has 0 saturated heterocycles. The predicted octanol–water partition coefficient (Wildman–Crippen LogP) is 6.09. The standard InChI is InChI=1S/C14H10BrCl3O/c1-19-13-5-3-9(7-12(13)17)14(18)8-2-4-11(16)10(15)6-8/h2-7,14H,1H3. The lowest BCUT2D eigenvalue weighted by molar-refractivity contribution is 0.415. The molecule has 2 aromatic carbocycles. The first-order chi connectivity index (χ1) is 9.02. The summed E-state index contributed by atoms with van der Waals surface area (Å²) in [5.74, 6) is 0.631. The molecule has 0 heterocycles. The van der Waals surface area contributed by atoms with Gasteiger partial charge in [0.15, 0.2) is 0 Å². The summed E-state index contributed by atoms with van der Waals surface area (Å²) in [6.07, 6.45) is 0. The summed E-state index contributed by atoms with van der Waals surface area (Å²) in [6.45, 7) is 0. The van der Waals surface area contributed by atoms with Crippen molar-refractivity contribution in [3.05, 3.63) is 62.0 Å². The largest absolute Gasteiger partial charge is 0.495 e. The van der Waals surface area contributed by atoms with E-state index in [1.807, 2.05) is 24.3 Å². The van der Waals surface area contributed by atoms with Crippen LogP contribution in [0, 0.1) is 0 Å². The lowest BCUT2D eigenvalue weighted by atomic mass is 10.0. The second kappa shape index (κ2) is 6.36. The zero-order valence-electron chi connectivity index (χ0n) is 9.96. The van der Waals surface area contributed by atoms with E-state index in [0.29, 0.717) is 15.8 Å². The Morgan fingerprint density at radius 3 is 2.21 bits per heavy atom. The van der Waals surface area contributed by atoms with Crippen LogP contribution in [0.3, 0.4) is 0 Å². The highest BCUT2D eigenvalue weighted by molar-refractivity contribution is 9.10. The van der Waals surface area contributed by atoms with Crippen LogP contribution >= 0.6 is 50.7 Å². The van der Waals surface area contributed by atoms with E-state index in [1.54, 1.807) is 19.2 Å². The van der Waals surface area contributed by atoms with Gasteiger partial charge in [-0.05, 0) is 51.3 Å². The Kier molecular flexibility index (Phi) is 5.02. The van der Waals surface area contributed by atoms with Crippen molar-refractivity contribution >= 4 is 50.7 Å². The molecule has 0 aromatic heterocycles. The molecule has 0 aliphatic rings. The minimum Gasteiger partial charge on any atom is -0.495 e. The van der Waals surface area contributed by atoms with Crippen LogP contribution in [0.15, 0.2) is 40.9 Å². The van der Waals surface area contributed by atoms with E-state index in [-0.39, 0.29) is 5.38 Å². The molecule has 0 radical (unpaired) electrons. The highest BCUT2D eigenvalue weighted by Crippen LogP contribution is 2.36. The van der Waals surface area contributed by atoms with Gasteiger partial charge in [0.1, 0.15) is 5.75 Å². The molecule has 1 atom stereocenters. The van der Waals surface area contributed by atoms with Crippen molar-refractivity contribution in [1.82, 2.24) is 0 Å². The zero-order valence-corrected chi connectivity index (χ0v) is 13.8. The number of hydrogen-bond donors (Lipinski definition) is 0. The lowest BCUT2D eigenvalue weighted by Gasteiger charge is -2.13. The molecular weight excluding hydrogens is 370 g/mol. The fourth-order valence-corrected chi connectivity index (χ4v) is 2.75. The van der Waals surface area contributed by atoms with Crippen LogP contribution in [0.2, 0.25) is 10.0 Å². The van der Waals surface area contributed by atoms with Gasteiger partial charge >= 0.3 is 0 Å². The maximum absolute atomic E-state index is 6.46. The number of ether oxygens (including phenoxy) is 1. The first kappa shape index (κ1) is 15.0. The van der Waals surface area contributed by atoms with Crippen LogP contribution in [0.25, 0.3) is 0 Å². The van der Waals surface area contributed by atoms with E-state index in [2.05, 4.69) is 15.9 Å². The zero-order chi connectivity index (χ0) is 14.0. The van der Waals surface area contributed by atoms with Crippen LogP contribution in [0.4, 0.5) is 0 Å². The number of halogens is 4. The van der Waals surface area contributed by atoms with Crippen LogP contribution < -0.4 is 4.74 Å². The van der Waals surface area contributed by atoms with E-state index < -0.39 is 0 Å².